The van der Waals surface area contributed by atoms with Crippen molar-refractivity contribution in [2.45, 2.75) is 44.6 Å². The summed E-state index contributed by atoms with van der Waals surface area (Å²) in [6.45, 7) is 2.19. The van der Waals surface area contributed by atoms with Crippen molar-refractivity contribution in [3.05, 3.63) is 42.6 Å². The maximum Gasteiger partial charge on any atom is 0.145 e. The van der Waals surface area contributed by atoms with Crippen LogP contribution in [-0.4, -0.2) is 56.8 Å². The third-order valence-electron chi connectivity index (χ3n) is 6.54. The molecule has 7 nitrogen and oxygen atoms in total. The van der Waals surface area contributed by atoms with Gasteiger partial charge in [0.15, 0.2) is 0 Å². The number of pyridine rings is 2. The van der Waals surface area contributed by atoms with E-state index in [-0.39, 0.29) is 5.92 Å². The van der Waals surface area contributed by atoms with Crippen molar-refractivity contribution in [1.82, 2.24) is 24.8 Å². The number of carbonyl (C=O) groups excluding carboxylic acids is 1. The second-order valence-corrected chi connectivity index (χ2v) is 8.87. The van der Waals surface area contributed by atoms with Crippen LogP contribution in [0.5, 0.6) is 0 Å². The molecule has 2 aliphatic rings. The lowest BCUT2D eigenvalue weighted by molar-refractivity contribution is -0.124. The van der Waals surface area contributed by atoms with Crippen molar-refractivity contribution in [2.24, 2.45) is 5.92 Å². The second-order valence-electron chi connectivity index (χ2n) is 8.87. The van der Waals surface area contributed by atoms with Gasteiger partial charge in [-0.15, -0.1) is 0 Å². The zero-order chi connectivity index (χ0) is 21.2. The molecule has 5 rings (SSSR count). The van der Waals surface area contributed by atoms with Gasteiger partial charge in [0.25, 0.3) is 0 Å². The number of piperidine rings is 1. The topological polar surface area (TPSA) is 83.9 Å². The summed E-state index contributed by atoms with van der Waals surface area (Å²) < 4.78 is 0. The molecule has 1 aliphatic carbocycles. The average molecular weight is 417 g/mol. The van der Waals surface area contributed by atoms with E-state index in [0.717, 1.165) is 72.4 Å². The third kappa shape index (κ3) is 4.56. The molecule has 0 atom stereocenters. The molecule has 1 aliphatic heterocycles. The standard InChI is InChI=1S/C24H28N6O/c1-30-7-5-19(6-8-30)28-24-15-25-13-22(29-24)18-9-17-10-20(26-14-21(17)27-12-18)11-23(31)16-3-2-4-16/h9-10,12-16,19H,2-8,11H2,1H3,(H,28,29). The van der Waals surface area contributed by atoms with Crippen LogP contribution in [0.2, 0.25) is 0 Å². The molecule has 31 heavy (non-hydrogen) atoms. The second kappa shape index (κ2) is 8.67. The number of carbonyl (C=O) groups is 1. The quantitative estimate of drug-likeness (QED) is 0.658. The van der Waals surface area contributed by atoms with Crippen molar-refractivity contribution < 1.29 is 4.79 Å². The lowest BCUT2D eigenvalue weighted by atomic mass is 9.81. The van der Waals surface area contributed by atoms with Crippen LogP contribution in [0.1, 0.15) is 37.8 Å². The van der Waals surface area contributed by atoms with Crippen molar-refractivity contribution >= 4 is 22.5 Å². The van der Waals surface area contributed by atoms with Crippen molar-refractivity contribution in [3.8, 4) is 11.3 Å². The highest BCUT2D eigenvalue weighted by Crippen LogP contribution is 2.28. The van der Waals surface area contributed by atoms with Crippen LogP contribution < -0.4 is 5.32 Å². The molecular formula is C24H28N6O. The number of anilines is 1. The van der Waals surface area contributed by atoms with Crippen LogP contribution in [0, 0.1) is 5.92 Å². The Morgan fingerprint density at radius 1 is 1.06 bits per heavy atom. The summed E-state index contributed by atoms with van der Waals surface area (Å²) in [6.07, 6.45) is 13.0. The van der Waals surface area contributed by atoms with Gasteiger partial charge in [-0.2, -0.15) is 0 Å². The van der Waals surface area contributed by atoms with Crippen LogP contribution >= 0.6 is 0 Å². The number of ketones is 1. The summed E-state index contributed by atoms with van der Waals surface area (Å²) in [5.74, 6) is 1.34. The normalized spacial score (nSPS) is 18.1. The Morgan fingerprint density at radius 2 is 1.90 bits per heavy atom. The minimum Gasteiger partial charge on any atom is -0.366 e. The summed E-state index contributed by atoms with van der Waals surface area (Å²) in [5, 5.41) is 4.50. The number of nitrogens with zero attached hydrogens (tertiary/aromatic N) is 5. The van der Waals surface area contributed by atoms with E-state index in [9.17, 15) is 4.79 Å². The molecule has 4 heterocycles. The van der Waals surface area contributed by atoms with Crippen LogP contribution in [0.4, 0.5) is 5.82 Å². The van der Waals surface area contributed by atoms with Gasteiger partial charge < -0.3 is 10.2 Å². The number of hydrogen-bond acceptors (Lipinski definition) is 7. The molecule has 7 heteroatoms. The van der Waals surface area contributed by atoms with Crippen LogP contribution in [0.3, 0.4) is 0 Å². The maximum absolute atomic E-state index is 12.4. The molecule has 1 N–H and O–H groups in total. The molecule has 1 saturated heterocycles. The number of aromatic nitrogens is 4. The number of likely N-dealkylation sites (tertiary alicyclic amines) is 1. The Morgan fingerprint density at radius 3 is 2.68 bits per heavy atom. The summed E-state index contributed by atoms with van der Waals surface area (Å²) in [4.78, 5) is 32.9. The molecule has 3 aromatic rings. The highest BCUT2D eigenvalue weighted by molar-refractivity contribution is 5.86. The Balaban J connectivity index is 1.35. The number of fused-ring (bicyclic) bond motifs is 1. The summed E-state index contributed by atoms with van der Waals surface area (Å²) in [5.41, 5.74) is 3.33. The number of hydrogen-bond donors (Lipinski definition) is 1. The first kappa shape index (κ1) is 20.0. The van der Waals surface area contributed by atoms with Gasteiger partial charge in [0, 0.05) is 41.2 Å². The largest absolute Gasteiger partial charge is 0.366 e. The zero-order valence-corrected chi connectivity index (χ0v) is 17.9. The Kier molecular flexibility index (Phi) is 5.59. The van der Waals surface area contributed by atoms with E-state index in [4.69, 9.17) is 4.98 Å². The van der Waals surface area contributed by atoms with Crippen molar-refractivity contribution in [1.29, 1.82) is 0 Å². The lowest BCUT2D eigenvalue weighted by Crippen LogP contribution is -2.36. The van der Waals surface area contributed by atoms with Crippen LogP contribution in [0.15, 0.2) is 36.9 Å². The first-order valence-corrected chi connectivity index (χ1v) is 11.2. The molecule has 0 amide bonds. The Hall–Kier alpha value is -2.93. The predicted molar refractivity (Wildman–Crippen MR) is 121 cm³/mol. The fourth-order valence-electron chi connectivity index (χ4n) is 4.30. The Labute approximate surface area is 182 Å². The number of Topliss-reactive ketones (excluding diaryl/α,β-unsaturated/α-hetero) is 1. The smallest absolute Gasteiger partial charge is 0.145 e. The highest BCUT2D eigenvalue weighted by atomic mass is 16.1. The maximum atomic E-state index is 12.4. The van der Waals surface area contributed by atoms with Crippen LogP contribution in [-0.2, 0) is 11.2 Å². The van der Waals surface area contributed by atoms with E-state index in [1.54, 1.807) is 18.6 Å². The molecule has 1 saturated carbocycles. The van der Waals surface area contributed by atoms with E-state index in [0.29, 0.717) is 18.2 Å². The first-order valence-electron chi connectivity index (χ1n) is 11.2. The molecule has 160 valence electrons. The van der Waals surface area contributed by atoms with Gasteiger partial charge >= 0.3 is 0 Å². The zero-order valence-electron chi connectivity index (χ0n) is 17.9. The molecule has 0 radical (unpaired) electrons. The van der Waals surface area contributed by atoms with E-state index in [2.05, 4.69) is 38.3 Å². The molecule has 0 unspecified atom stereocenters. The van der Waals surface area contributed by atoms with Gasteiger partial charge in [0.1, 0.15) is 11.6 Å². The van der Waals surface area contributed by atoms with Gasteiger partial charge in [0.05, 0.1) is 29.8 Å². The number of rotatable bonds is 6. The minimum absolute atomic E-state index is 0.233. The van der Waals surface area contributed by atoms with Crippen molar-refractivity contribution in [2.75, 3.05) is 25.5 Å². The molecule has 0 spiro atoms. The minimum atomic E-state index is 0.233. The van der Waals surface area contributed by atoms with Crippen LogP contribution in [0.25, 0.3) is 22.2 Å². The lowest BCUT2D eigenvalue weighted by Gasteiger charge is -2.29. The fourth-order valence-corrected chi connectivity index (χ4v) is 4.30. The Bertz CT molecular complexity index is 1090. The van der Waals surface area contributed by atoms with E-state index < -0.39 is 0 Å². The molecule has 0 aromatic carbocycles. The SMILES string of the molecule is CN1CCC(Nc2cncc(-c3cnc4cnc(CC(=O)C5CCC5)cc4c3)n2)CC1. The summed E-state index contributed by atoms with van der Waals surface area (Å²) in [6, 6.07) is 4.47. The summed E-state index contributed by atoms with van der Waals surface area (Å²) >= 11 is 0. The van der Waals surface area contributed by atoms with Gasteiger partial charge in [-0.1, -0.05) is 6.42 Å². The van der Waals surface area contributed by atoms with E-state index in [1.165, 1.54) is 6.42 Å². The van der Waals surface area contributed by atoms with Gasteiger partial charge in [-0.3, -0.25) is 19.7 Å². The molecule has 2 fully saturated rings. The number of nitrogens with one attached hydrogen (secondary N) is 1. The van der Waals surface area contributed by atoms with Gasteiger partial charge in [-0.25, -0.2) is 4.98 Å². The molecule has 0 bridgehead atoms. The van der Waals surface area contributed by atoms with E-state index in [1.807, 2.05) is 12.3 Å². The average Bonchev–Trinajstić information content (AvgIpc) is 2.74. The van der Waals surface area contributed by atoms with E-state index >= 15 is 0 Å². The molecule has 3 aromatic heterocycles. The predicted octanol–water partition coefficient (Wildman–Crippen LogP) is 3.50. The summed E-state index contributed by atoms with van der Waals surface area (Å²) in [7, 11) is 2.16. The third-order valence-corrected chi connectivity index (χ3v) is 6.54. The van der Waals surface area contributed by atoms with Gasteiger partial charge in [-0.05, 0) is 58.0 Å². The monoisotopic (exact) mass is 416 g/mol. The van der Waals surface area contributed by atoms with Crippen molar-refractivity contribution in [3.63, 3.8) is 0 Å². The van der Waals surface area contributed by atoms with Gasteiger partial charge in [0.2, 0.25) is 0 Å². The first-order chi connectivity index (χ1) is 15.1. The fraction of sp³-hybridized carbons (Fsp3) is 0.458. The highest BCUT2D eigenvalue weighted by Gasteiger charge is 2.25. The molecular weight excluding hydrogens is 388 g/mol.